The molecular weight excluding hydrogens is 172 g/mol. The van der Waals surface area contributed by atoms with Crippen LogP contribution in [0.3, 0.4) is 0 Å². The molecule has 1 aliphatic carbocycles. The predicted molar refractivity (Wildman–Crippen MR) is 58.8 cm³/mol. The molecule has 2 nitrogen and oxygen atoms in total. The van der Waals surface area contributed by atoms with Crippen LogP contribution in [-0.4, -0.2) is 12.1 Å². The molecule has 0 aliphatic heterocycles. The first-order chi connectivity index (χ1) is 6.64. The quantitative estimate of drug-likeness (QED) is 0.750. The third-order valence-electron chi connectivity index (χ3n) is 3.49. The van der Waals surface area contributed by atoms with Crippen LogP contribution in [0.4, 0.5) is 0 Å². The molecule has 0 spiro atoms. The van der Waals surface area contributed by atoms with Crippen LogP contribution in [0.2, 0.25) is 0 Å². The number of hydrogen-bond acceptors (Lipinski definition) is 2. The van der Waals surface area contributed by atoms with Gasteiger partial charge in [-0.1, -0.05) is 27.2 Å². The molecule has 2 heteroatoms. The molecule has 0 bridgehead atoms. The van der Waals surface area contributed by atoms with E-state index in [1.54, 1.807) is 0 Å². The summed E-state index contributed by atoms with van der Waals surface area (Å²) in [5.74, 6) is 1.19. The molecule has 0 aromatic carbocycles. The number of rotatable bonds is 3. The summed E-state index contributed by atoms with van der Waals surface area (Å²) in [4.78, 5) is 0. The monoisotopic (exact) mass is 194 g/mol. The van der Waals surface area contributed by atoms with E-state index in [0.717, 1.165) is 19.4 Å². The van der Waals surface area contributed by atoms with Gasteiger partial charge in [-0.2, -0.15) is 5.26 Å². The van der Waals surface area contributed by atoms with Crippen LogP contribution in [0.1, 0.15) is 46.5 Å². The lowest BCUT2D eigenvalue weighted by Crippen LogP contribution is -2.52. The Kier molecular flexibility index (Phi) is 3.95. The minimum Gasteiger partial charge on any atom is -0.299 e. The lowest BCUT2D eigenvalue weighted by atomic mass is 9.70. The Hall–Kier alpha value is -0.550. The van der Waals surface area contributed by atoms with E-state index < -0.39 is 0 Å². The summed E-state index contributed by atoms with van der Waals surface area (Å²) in [7, 11) is 0. The first kappa shape index (κ1) is 11.5. The molecule has 1 fully saturated rings. The zero-order chi connectivity index (χ0) is 10.6. The van der Waals surface area contributed by atoms with Gasteiger partial charge >= 0.3 is 0 Å². The predicted octanol–water partition coefficient (Wildman–Crippen LogP) is 2.70. The lowest BCUT2D eigenvalue weighted by Gasteiger charge is -2.40. The zero-order valence-corrected chi connectivity index (χ0v) is 9.64. The molecule has 1 N–H and O–H groups in total. The van der Waals surface area contributed by atoms with E-state index in [2.05, 4.69) is 32.2 Å². The van der Waals surface area contributed by atoms with Crippen LogP contribution in [0.25, 0.3) is 0 Å². The Morgan fingerprint density at radius 3 is 2.71 bits per heavy atom. The lowest BCUT2D eigenvalue weighted by molar-refractivity contribution is 0.170. The highest BCUT2D eigenvalue weighted by Gasteiger charge is 2.40. The fourth-order valence-electron chi connectivity index (χ4n) is 2.42. The van der Waals surface area contributed by atoms with E-state index in [4.69, 9.17) is 0 Å². The maximum Gasteiger partial charge on any atom is 0.109 e. The Morgan fingerprint density at radius 2 is 2.14 bits per heavy atom. The van der Waals surface area contributed by atoms with Crippen molar-refractivity contribution in [1.29, 1.82) is 5.26 Å². The van der Waals surface area contributed by atoms with Gasteiger partial charge in [0, 0.05) is 0 Å². The summed E-state index contributed by atoms with van der Waals surface area (Å²) in [5, 5.41) is 12.8. The second kappa shape index (κ2) is 4.79. The van der Waals surface area contributed by atoms with Crippen LogP contribution >= 0.6 is 0 Å². The highest BCUT2D eigenvalue weighted by atomic mass is 15.0. The largest absolute Gasteiger partial charge is 0.299 e. The second-order valence-electron chi connectivity index (χ2n) is 4.80. The second-order valence-corrected chi connectivity index (χ2v) is 4.80. The van der Waals surface area contributed by atoms with Crippen molar-refractivity contribution >= 4 is 0 Å². The molecule has 1 rings (SSSR count). The normalized spacial score (nSPS) is 37.9. The first-order valence-electron chi connectivity index (χ1n) is 5.81. The Labute approximate surface area is 87.7 Å². The maximum absolute atomic E-state index is 9.34. The van der Waals surface area contributed by atoms with Gasteiger partial charge in [-0.3, -0.25) is 5.32 Å². The Balaban J connectivity index is 2.68. The van der Waals surface area contributed by atoms with Crippen molar-refractivity contribution in [3.8, 4) is 6.07 Å². The zero-order valence-electron chi connectivity index (χ0n) is 9.64. The molecule has 0 amide bonds. The van der Waals surface area contributed by atoms with Gasteiger partial charge in [0.25, 0.3) is 0 Å². The molecular formula is C12H22N2. The van der Waals surface area contributed by atoms with Gasteiger partial charge in [-0.05, 0) is 37.6 Å². The SMILES string of the molecule is CCCNC1(C#N)CC(C)CCC1C. The van der Waals surface area contributed by atoms with Crippen LogP contribution in [0.5, 0.6) is 0 Å². The summed E-state index contributed by atoms with van der Waals surface area (Å²) in [6.07, 6.45) is 4.58. The molecule has 80 valence electrons. The van der Waals surface area contributed by atoms with E-state index in [0.29, 0.717) is 11.8 Å². The van der Waals surface area contributed by atoms with Crippen molar-refractivity contribution in [2.24, 2.45) is 11.8 Å². The average molecular weight is 194 g/mol. The fourth-order valence-corrected chi connectivity index (χ4v) is 2.42. The molecule has 0 aromatic rings. The third kappa shape index (κ3) is 2.27. The van der Waals surface area contributed by atoms with Gasteiger partial charge in [-0.25, -0.2) is 0 Å². The van der Waals surface area contributed by atoms with Crippen molar-refractivity contribution in [3.05, 3.63) is 0 Å². The van der Waals surface area contributed by atoms with Gasteiger partial charge in [0.05, 0.1) is 6.07 Å². The molecule has 0 heterocycles. The topological polar surface area (TPSA) is 35.8 Å². The molecule has 1 saturated carbocycles. The van der Waals surface area contributed by atoms with Gasteiger partial charge in [0.15, 0.2) is 0 Å². The molecule has 0 radical (unpaired) electrons. The molecule has 3 atom stereocenters. The Morgan fingerprint density at radius 1 is 1.43 bits per heavy atom. The summed E-state index contributed by atoms with van der Waals surface area (Å²) in [6.45, 7) is 7.57. The minimum atomic E-state index is -0.242. The van der Waals surface area contributed by atoms with Crippen LogP contribution < -0.4 is 5.32 Å². The standard InChI is InChI=1S/C12H22N2/c1-4-7-14-12(9-13)8-10(2)5-6-11(12)3/h10-11,14H,4-8H2,1-3H3. The smallest absolute Gasteiger partial charge is 0.109 e. The van der Waals surface area contributed by atoms with E-state index in [1.807, 2.05) is 0 Å². The van der Waals surface area contributed by atoms with Crippen molar-refractivity contribution < 1.29 is 0 Å². The van der Waals surface area contributed by atoms with Crippen LogP contribution in [0, 0.1) is 23.2 Å². The Bertz CT molecular complexity index is 219. The minimum absolute atomic E-state index is 0.242. The van der Waals surface area contributed by atoms with E-state index >= 15 is 0 Å². The molecule has 0 saturated heterocycles. The molecule has 14 heavy (non-hydrogen) atoms. The number of nitriles is 1. The van der Waals surface area contributed by atoms with Gasteiger partial charge < -0.3 is 0 Å². The molecule has 0 aromatic heterocycles. The van der Waals surface area contributed by atoms with Crippen molar-refractivity contribution in [3.63, 3.8) is 0 Å². The number of nitrogens with one attached hydrogen (secondary N) is 1. The van der Waals surface area contributed by atoms with Gasteiger partial charge in [0.1, 0.15) is 5.54 Å². The maximum atomic E-state index is 9.34. The number of nitrogens with zero attached hydrogens (tertiary/aromatic N) is 1. The first-order valence-corrected chi connectivity index (χ1v) is 5.81. The van der Waals surface area contributed by atoms with Gasteiger partial charge in [-0.15, -0.1) is 0 Å². The highest BCUT2D eigenvalue weighted by Crippen LogP contribution is 2.36. The molecule has 3 unspecified atom stereocenters. The third-order valence-corrected chi connectivity index (χ3v) is 3.49. The summed E-state index contributed by atoms with van der Waals surface area (Å²) >= 11 is 0. The van der Waals surface area contributed by atoms with Gasteiger partial charge in [0.2, 0.25) is 0 Å². The average Bonchev–Trinajstić information content (AvgIpc) is 2.20. The van der Waals surface area contributed by atoms with Crippen molar-refractivity contribution in [1.82, 2.24) is 5.32 Å². The van der Waals surface area contributed by atoms with Crippen LogP contribution in [-0.2, 0) is 0 Å². The van der Waals surface area contributed by atoms with Crippen molar-refractivity contribution in [2.45, 2.75) is 52.0 Å². The van der Waals surface area contributed by atoms with E-state index in [9.17, 15) is 5.26 Å². The van der Waals surface area contributed by atoms with E-state index in [-0.39, 0.29) is 5.54 Å². The highest BCUT2D eigenvalue weighted by molar-refractivity contribution is 5.12. The number of hydrogen-bond donors (Lipinski definition) is 1. The van der Waals surface area contributed by atoms with E-state index in [1.165, 1.54) is 12.8 Å². The van der Waals surface area contributed by atoms with Crippen molar-refractivity contribution in [2.75, 3.05) is 6.54 Å². The summed E-state index contributed by atoms with van der Waals surface area (Å²) < 4.78 is 0. The summed E-state index contributed by atoms with van der Waals surface area (Å²) in [5.41, 5.74) is -0.242. The fraction of sp³-hybridized carbons (Fsp3) is 0.917. The van der Waals surface area contributed by atoms with Crippen LogP contribution in [0.15, 0.2) is 0 Å². The summed E-state index contributed by atoms with van der Waals surface area (Å²) in [6, 6.07) is 2.52. The molecule has 1 aliphatic rings.